The van der Waals surface area contributed by atoms with Crippen molar-refractivity contribution in [1.29, 1.82) is 0 Å². The van der Waals surface area contributed by atoms with Crippen molar-refractivity contribution < 1.29 is 14.7 Å². The number of aliphatic carboxylic acids is 1. The van der Waals surface area contributed by atoms with Gasteiger partial charge in [-0.25, -0.2) is 4.98 Å². The molecule has 0 radical (unpaired) electrons. The van der Waals surface area contributed by atoms with E-state index in [-0.39, 0.29) is 22.2 Å². The van der Waals surface area contributed by atoms with Crippen molar-refractivity contribution in [3.63, 3.8) is 0 Å². The molecule has 0 spiro atoms. The molecule has 1 aromatic rings. The lowest BCUT2D eigenvalue weighted by Gasteiger charge is -2.41. The molecular weight excluding hydrogens is 291 g/mol. The first-order chi connectivity index (χ1) is 8.92. The van der Waals surface area contributed by atoms with E-state index in [0.29, 0.717) is 12.8 Å². The number of aromatic nitrogens is 1. The molecule has 1 heterocycles. The van der Waals surface area contributed by atoms with E-state index in [0.717, 1.165) is 6.42 Å². The van der Waals surface area contributed by atoms with Crippen LogP contribution in [0.1, 0.15) is 36.0 Å². The molecule has 102 valence electrons. The van der Waals surface area contributed by atoms with Crippen molar-refractivity contribution in [3.8, 4) is 0 Å². The molecule has 1 amide bonds. The van der Waals surface area contributed by atoms with Gasteiger partial charge in [0.15, 0.2) is 0 Å². The number of hydrogen-bond donors (Lipinski definition) is 2. The standard InChI is InChI=1S/C12H12Cl2N2O3/c13-8-6-15-9(14)4-7(8)11(19)16-12(2-1-3-12)5-10(17)18/h4,6H,1-3,5H2,(H,16,19)(H,17,18). The first kappa shape index (κ1) is 14.1. The summed E-state index contributed by atoms with van der Waals surface area (Å²) in [7, 11) is 0. The minimum Gasteiger partial charge on any atom is -0.481 e. The molecule has 1 aromatic heterocycles. The van der Waals surface area contributed by atoms with E-state index in [1.165, 1.54) is 12.3 Å². The molecule has 7 heteroatoms. The van der Waals surface area contributed by atoms with Crippen LogP contribution in [0.2, 0.25) is 10.2 Å². The van der Waals surface area contributed by atoms with Gasteiger partial charge in [0, 0.05) is 6.20 Å². The SMILES string of the molecule is O=C(O)CC1(NC(=O)c2cc(Cl)ncc2Cl)CCC1. The monoisotopic (exact) mass is 302 g/mol. The van der Waals surface area contributed by atoms with Gasteiger partial charge in [0.25, 0.3) is 5.91 Å². The summed E-state index contributed by atoms with van der Waals surface area (Å²) < 4.78 is 0. The Kier molecular flexibility index (Phi) is 3.96. The molecule has 2 rings (SSSR count). The van der Waals surface area contributed by atoms with Gasteiger partial charge < -0.3 is 10.4 Å². The number of carbonyl (C=O) groups is 2. The third-order valence-electron chi connectivity index (χ3n) is 3.25. The summed E-state index contributed by atoms with van der Waals surface area (Å²) in [5, 5.41) is 12.0. The third kappa shape index (κ3) is 3.16. The maximum atomic E-state index is 12.1. The van der Waals surface area contributed by atoms with Crippen molar-refractivity contribution in [2.45, 2.75) is 31.2 Å². The van der Waals surface area contributed by atoms with Gasteiger partial charge >= 0.3 is 5.97 Å². The Morgan fingerprint density at radius 2 is 2.11 bits per heavy atom. The molecule has 0 bridgehead atoms. The van der Waals surface area contributed by atoms with Gasteiger partial charge in [-0.3, -0.25) is 9.59 Å². The Labute approximate surface area is 119 Å². The predicted octanol–water partition coefficient (Wildman–Crippen LogP) is 2.52. The number of carbonyl (C=O) groups excluding carboxylic acids is 1. The number of rotatable bonds is 4. The van der Waals surface area contributed by atoms with Crippen LogP contribution < -0.4 is 5.32 Å². The van der Waals surface area contributed by atoms with E-state index < -0.39 is 17.4 Å². The van der Waals surface area contributed by atoms with Crippen molar-refractivity contribution >= 4 is 35.1 Å². The Morgan fingerprint density at radius 3 is 2.63 bits per heavy atom. The number of carboxylic acids is 1. The number of halogens is 2. The summed E-state index contributed by atoms with van der Waals surface area (Å²) in [6, 6.07) is 1.37. The third-order valence-corrected chi connectivity index (χ3v) is 3.75. The summed E-state index contributed by atoms with van der Waals surface area (Å²) in [5.41, 5.74) is -0.458. The van der Waals surface area contributed by atoms with E-state index in [1.54, 1.807) is 0 Å². The number of nitrogens with one attached hydrogen (secondary N) is 1. The van der Waals surface area contributed by atoms with Crippen LogP contribution in [-0.2, 0) is 4.79 Å². The largest absolute Gasteiger partial charge is 0.481 e. The maximum Gasteiger partial charge on any atom is 0.305 e. The van der Waals surface area contributed by atoms with Gasteiger partial charge in [0.2, 0.25) is 0 Å². The highest BCUT2D eigenvalue weighted by molar-refractivity contribution is 6.35. The van der Waals surface area contributed by atoms with Gasteiger partial charge in [0.05, 0.1) is 22.5 Å². The molecule has 0 atom stereocenters. The lowest BCUT2D eigenvalue weighted by molar-refractivity contribution is -0.139. The summed E-state index contributed by atoms with van der Waals surface area (Å²) in [6.45, 7) is 0. The van der Waals surface area contributed by atoms with Crippen LogP contribution in [-0.4, -0.2) is 27.5 Å². The van der Waals surface area contributed by atoms with E-state index in [9.17, 15) is 9.59 Å². The fraction of sp³-hybridized carbons (Fsp3) is 0.417. The summed E-state index contributed by atoms with van der Waals surface area (Å²) in [6.07, 6.45) is 3.42. The second-order valence-electron chi connectivity index (χ2n) is 4.65. The zero-order valence-electron chi connectivity index (χ0n) is 9.95. The first-order valence-corrected chi connectivity index (χ1v) is 6.53. The quantitative estimate of drug-likeness (QED) is 0.838. The molecule has 0 unspecified atom stereocenters. The van der Waals surface area contributed by atoms with Crippen LogP contribution >= 0.6 is 23.2 Å². The second-order valence-corrected chi connectivity index (χ2v) is 5.44. The Hall–Kier alpha value is -1.33. The second kappa shape index (κ2) is 5.35. The summed E-state index contributed by atoms with van der Waals surface area (Å²) >= 11 is 11.6. The van der Waals surface area contributed by atoms with E-state index in [2.05, 4.69) is 10.3 Å². The highest BCUT2D eigenvalue weighted by atomic mass is 35.5. The van der Waals surface area contributed by atoms with Crippen molar-refractivity contribution in [2.24, 2.45) is 0 Å². The topological polar surface area (TPSA) is 79.3 Å². The average Bonchev–Trinajstić information content (AvgIpc) is 2.28. The number of hydrogen-bond acceptors (Lipinski definition) is 3. The molecule has 0 aliphatic heterocycles. The smallest absolute Gasteiger partial charge is 0.305 e. The number of carboxylic acid groups (broad SMARTS) is 1. The first-order valence-electron chi connectivity index (χ1n) is 5.77. The summed E-state index contributed by atoms with van der Waals surface area (Å²) in [4.78, 5) is 26.7. The van der Waals surface area contributed by atoms with Crippen LogP contribution in [0.5, 0.6) is 0 Å². The number of amides is 1. The zero-order chi connectivity index (χ0) is 14.0. The number of nitrogens with zero attached hydrogens (tertiary/aromatic N) is 1. The molecule has 0 aromatic carbocycles. The van der Waals surface area contributed by atoms with Crippen LogP contribution in [0, 0.1) is 0 Å². The van der Waals surface area contributed by atoms with E-state index in [1.807, 2.05) is 0 Å². The van der Waals surface area contributed by atoms with Crippen LogP contribution in [0.4, 0.5) is 0 Å². The minimum absolute atomic E-state index is 0.0881. The van der Waals surface area contributed by atoms with Crippen LogP contribution in [0.25, 0.3) is 0 Å². The van der Waals surface area contributed by atoms with Gasteiger partial charge in [0.1, 0.15) is 5.15 Å². The minimum atomic E-state index is -0.932. The van der Waals surface area contributed by atoms with Gasteiger partial charge in [-0.2, -0.15) is 0 Å². The maximum absolute atomic E-state index is 12.1. The zero-order valence-corrected chi connectivity index (χ0v) is 11.5. The van der Waals surface area contributed by atoms with E-state index in [4.69, 9.17) is 28.3 Å². The molecule has 19 heavy (non-hydrogen) atoms. The highest BCUT2D eigenvalue weighted by Crippen LogP contribution is 2.35. The normalized spacial score (nSPS) is 16.5. The molecule has 1 fully saturated rings. The molecule has 1 aliphatic rings. The molecule has 1 saturated carbocycles. The van der Waals surface area contributed by atoms with Crippen molar-refractivity contribution in [2.75, 3.05) is 0 Å². The Balaban J connectivity index is 2.16. The molecular formula is C12H12Cl2N2O3. The van der Waals surface area contributed by atoms with Gasteiger partial charge in [-0.05, 0) is 25.3 Å². The highest BCUT2D eigenvalue weighted by Gasteiger charge is 2.40. The Morgan fingerprint density at radius 1 is 1.42 bits per heavy atom. The van der Waals surface area contributed by atoms with E-state index >= 15 is 0 Å². The van der Waals surface area contributed by atoms with Crippen LogP contribution in [0.3, 0.4) is 0 Å². The molecule has 1 aliphatic carbocycles. The molecule has 5 nitrogen and oxygen atoms in total. The van der Waals surface area contributed by atoms with Gasteiger partial charge in [-0.1, -0.05) is 23.2 Å². The lowest BCUT2D eigenvalue weighted by atomic mass is 9.74. The van der Waals surface area contributed by atoms with Crippen molar-refractivity contribution in [1.82, 2.24) is 10.3 Å². The van der Waals surface area contributed by atoms with Gasteiger partial charge in [-0.15, -0.1) is 0 Å². The average molecular weight is 303 g/mol. The number of pyridine rings is 1. The van der Waals surface area contributed by atoms with Crippen LogP contribution in [0.15, 0.2) is 12.3 Å². The van der Waals surface area contributed by atoms with Crippen molar-refractivity contribution in [3.05, 3.63) is 28.0 Å². The molecule has 2 N–H and O–H groups in total. The Bertz CT molecular complexity index is 530. The molecule has 0 saturated heterocycles. The fourth-order valence-corrected chi connectivity index (χ4v) is 2.48. The predicted molar refractivity (Wildman–Crippen MR) is 70.6 cm³/mol. The summed E-state index contributed by atoms with van der Waals surface area (Å²) in [5.74, 6) is -1.35. The lowest BCUT2D eigenvalue weighted by Crippen LogP contribution is -2.54. The fourth-order valence-electron chi connectivity index (χ4n) is 2.13.